The zero-order chi connectivity index (χ0) is 15.1. The first kappa shape index (κ1) is 15.7. The zero-order valence-electron chi connectivity index (χ0n) is 13.0. The Labute approximate surface area is 128 Å². The first-order valence-electron chi connectivity index (χ1n) is 7.68. The van der Waals surface area contributed by atoms with Crippen molar-refractivity contribution in [2.75, 3.05) is 13.6 Å². The molecule has 0 bridgehead atoms. The fourth-order valence-electron chi connectivity index (χ4n) is 2.46. The molecule has 1 atom stereocenters. The number of aryl methyl sites for hydroxylation is 1. The van der Waals surface area contributed by atoms with Crippen molar-refractivity contribution in [1.82, 2.24) is 4.90 Å². The summed E-state index contributed by atoms with van der Waals surface area (Å²) in [6.07, 6.45) is 1.42. The number of hydrogen-bond acceptors (Lipinski definition) is 2. The number of benzene rings is 2. The van der Waals surface area contributed by atoms with Gasteiger partial charge in [-0.1, -0.05) is 61.5 Å². The van der Waals surface area contributed by atoms with Gasteiger partial charge in [0.15, 0.2) is 0 Å². The number of nitrogens with zero attached hydrogens (tertiary/aromatic N) is 1. The second-order valence-corrected chi connectivity index (χ2v) is 5.62. The molecule has 0 amide bonds. The molecule has 0 radical (unpaired) electrons. The number of aliphatic hydroxyl groups excluding tert-OH is 1. The summed E-state index contributed by atoms with van der Waals surface area (Å²) in [5, 5.41) is 10.3. The summed E-state index contributed by atoms with van der Waals surface area (Å²) in [7, 11) is 2.10. The van der Waals surface area contributed by atoms with Gasteiger partial charge in [0.05, 0.1) is 6.10 Å². The van der Waals surface area contributed by atoms with Gasteiger partial charge in [0.2, 0.25) is 0 Å². The van der Waals surface area contributed by atoms with E-state index in [1.807, 2.05) is 18.2 Å². The maximum Gasteiger partial charge on any atom is 0.0802 e. The lowest BCUT2D eigenvalue weighted by Crippen LogP contribution is -2.20. The monoisotopic (exact) mass is 283 g/mol. The molecule has 112 valence electrons. The van der Waals surface area contributed by atoms with Crippen LogP contribution in [0.1, 0.15) is 36.1 Å². The van der Waals surface area contributed by atoms with Crippen LogP contribution < -0.4 is 0 Å². The highest BCUT2D eigenvalue weighted by Crippen LogP contribution is 2.18. The molecule has 0 aromatic heterocycles. The van der Waals surface area contributed by atoms with Crippen molar-refractivity contribution in [3.63, 3.8) is 0 Å². The molecule has 0 aliphatic carbocycles. The average Bonchev–Trinajstić information content (AvgIpc) is 2.53. The third-order valence-corrected chi connectivity index (χ3v) is 3.85. The average molecular weight is 283 g/mol. The van der Waals surface area contributed by atoms with Crippen LogP contribution in [0, 0.1) is 0 Å². The van der Waals surface area contributed by atoms with Crippen LogP contribution in [0.2, 0.25) is 0 Å². The largest absolute Gasteiger partial charge is 0.388 e. The molecule has 0 saturated heterocycles. The van der Waals surface area contributed by atoms with Gasteiger partial charge < -0.3 is 10.0 Å². The molecule has 0 aliphatic heterocycles. The van der Waals surface area contributed by atoms with E-state index in [2.05, 4.69) is 55.3 Å². The quantitative estimate of drug-likeness (QED) is 0.835. The molecule has 1 N–H and O–H groups in total. The Kier molecular flexibility index (Phi) is 5.97. The van der Waals surface area contributed by atoms with Crippen molar-refractivity contribution >= 4 is 0 Å². The Morgan fingerprint density at radius 3 is 2.24 bits per heavy atom. The van der Waals surface area contributed by atoms with Gasteiger partial charge in [-0.05, 0) is 36.6 Å². The Hall–Kier alpha value is -1.64. The minimum atomic E-state index is -0.380. The lowest BCUT2D eigenvalue weighted by atomic mass is 10.0. The minimum absolute atomic E-state index is 0.380. The third-order valence-electron chi connectivity index (χ3n) is 3.85. The van der Waals surface area contributed by atoms with Gasteiger partial charge >= 0.3 is 0 Å². The van der Waals surface area contributed by atoms with Crippen molar-refractivity contribution < 1.29 is 5.11 Å². The maximum absolute atomic E-state index is 10.3. The SMILES string of the molecule is CCc1ccc(C(O)CCN(C)Cc2ccccc2)cc1. The van der Waals surface area contributed by atoms with Gasteiger partial charge in [-0.2, -0.15) is 0 Å². The van der Waals surface area contributed by atoms with Crippen molar-refractivity contribution in [3.05, 3.63) is 71.3 Å². The standard InChI is InChI=1S/C19H25NO/c1-3-16-9-11-18(12-10-16)19(21)13-14-20(2)15-17-7-5-4-6-8-17/h4-12,19,21H,3,13-15H2,1-2H3. The summed E-state index contributed by atoms with van der Waals surface area (Å²) in [5.74, 6) is 0. The summed E-state index contributed by atoms with van der Waals surface area (Å²) in [5.41, 5.74) is 3.63. The van der Waals surface area contributed by atoms with Crippen LogP contribution in [0.25, 0.3) is 0 Å². The Morgan fingerprint density at radius 2 is 1.62 bits per heavy atom. The van der Waals surface area contributed by atoms with E-state index < -0.39 is 0 Å². The predicted molar refractivity (Wildman–Crippen MR) is 88.2 cm³/mol. The van der Waals surface area contributed by atoms with Crippen LogP contribution in [-0.2, 0) is 13.0 Å². The molecule has 0 heterocycles. The van der Waals surface area contributed by atoms with Crippen molar-refractivity contribution in [1.29, 1.82) is 0 Å². The highest BCUT2D eigenvalue weighted by Gasteiger charge is 2.09. The second-order valence-electron chi connectivity index (χ2n) is 5.62. The first-order valence-corrected chi connectivity index (χ1v) is 7.68. The fraction of sp³-hybridized carbons (Fsp3) is 0.368. The van der Waals surface area contributed by atoms with Crippen LogP contribution in [0.3, 0.4) is 0 Å². The molecular formula is C19H25NO. The molecule has 0 aliphatic rings. The van der Waals surface area contributed by atoms with Gasteiger partial charge in [0.1, 0.15) is 0 Å². The van der Waals surface area contributed by atoms with Crippen LogP contribution in [0.4, 0.5) is 0 Å². The topological polar surface area (TPSA) is 23.5 Å². The summed E-state index contributed by atoms with van der Waals surface area (Å²) < 4.78 is 0. The lowest BCUT2D eigenvalue weighted by molar-refractivity contribution is 0.147. The Morgan fingerprint density at radius 1 is 0.952 bits per heavy atom. The number of hydrogen-bond donors (Lipinski definition) is 1. The molecule has 2 heteroatoms. The zero-order valence-corrected chi connectivity index (χ0v) is 13.0. The van der Waals surface area contributed by atoms with Crippen LogP contribution in [0.15, 0.2) is 54.6 Å². The van der Waals surface area contributed by atoms with Gasteiger partial charge in [0, 0.05) is 13.1 Å². The predicted octanol–water partition coefficient (Wildman–Crippen LogP) is 3.80. The maximum atomic E-state index is 10.3. The molecule has 0 fully saturated rings. The molecule has 2 aromatic carbocycles. The van der Waals surface area contributed by atoms with Gasteiger partial charge in [0.25, 0.3) is 0 Å². The lowest BCUT2D eigenvalue weighted by Gasteiger charge is -2.19. The molecule has 21 heavy (non-hydrogen) atoms. The van der Waals surface area contributed by atoms with E-state index in [9.17, 15) is 5.11 Å². The summed E-state index contributed by atoms with van der Waals surface area (Å²) in [6, 6.07) is 18.7. The van der Waals surface area contributed by atoms with Crippen LogP contribution in [0.5, 0.6) is 0 Å². The van der Waals surface area contributed by atoms with Crippen molar-refractivity contribution in [3.8, 4) is 0 Å². The highest BCUT2D eigenvalue weighted by atomic mass is 16.3. The number of rotatable bonds is 7. The normalized spacial score (nSPS) is 12.6. The van der Waals surface area contributed by atoms with Gasteiger partial charge in [-0.25, -0.2) is 0 Å². The van der Waals surface area contributed by atoms with Crippen LogP contribution >= 0.6 is 0 Å². The van der Waals surface area contributed by atoms with E-state index in [0.29, 0.717) is 0 Å². The van der Waals surface area contributed by atoms with Crippen molar-refractivity contribution in [2.45, 2.75) is 32.4 Å². The van der Waals surface area contributed by atoms with Gasteiger partial charge in [-0.15, -0.1) is 0 Å². The third kappa shape index (κ3) is 5.00. The molecule has 0 spiro atoms. The molecule has 1 unspecified atom stereocenters. The van der Waals surface area contributed by atoms with Gasteiger partial charge in [-0.3, -0.25) is 0 Å². The molecule has 2 rings (SSSR count). The smallest absolute Gasteiger partial charge is 0.0802 e. The minimum Gasteiger partial charge on any atom is -0.388 e. The summed E-state index contributed by atoms with van der Waals surface area (Å²) in [4.78, 5) is 2.25. The van der Waals surface area contributed by atoms with E-state index in [1.54, 1.807) is 0 Å². The van der Waals surface area contributed by atoms with E-state index in [-0.39, 0.29) is 6.10 Å². The van der Waals surface area contributed by atoms with E-state index in [1.165, 1.54) is 11.1 Å². The fourth-order valence-corrected chi connectivity index (χ4v) is 2.46. The van der Waals surface area contributed by atoms with E-state index >= 15 is 0 Å². The summed E-state index contributed by atoms with van der Waals surface area (Å²) >= 11 is 0. The summed E-state index contributed by atoms with van der Waals surface area (Å²) in [6.45, 7) is 3.94. The molecular weight excluding hydrogens is 258 g/mol. The van der Waals surface area contributed by atoms with E-state index in [0.717, 1.165) is 31.5 Å². The number of aliphatic hydroxyl groups is 1. The Balaban J connectivity index is 1.81. The van der Waals surface area contributed by atoms with E-state index in [4.69, 9.17) is 0 Å². The Bertz CT molecular complexity index is 521. The first-order chi connectivity index (χ1) is 10.2. The molecule has 0 saturated carbocycles. The highest BCUT2D eigenvalue weighted by molar-refractivity contribution is 5.24. The van der Waals surface area contributed by atoms with Crippen molar-refractivity contribution in [2.24, 2.45) is 0 Å². The second kappa shape index (κ2) is 7.96. The molecule has 2 nitrogen and oxygen atoms in total. The van der Waals surface area contributed by atoms with Crippen LogP contribution in [-0.4, -0.2) is 23.6 Å². The molecule has 2 aromatic rings.